The van der Waals surface area contributed by atoms with E-state index in [2.05, 4.69) is 77.8 Å². The fraction of sp³-hybridized carbons (Fsp3) is 0.318. The van der Waals surface area contributed by atoms with Crippen LogP contribution in [0.1, 0.15) is 45.2 Å². The van der Waals surface area contributed by atoms with Crippen LogP contribution in [0.2, 0.25) is 0 Å². The minimum absolute atomic E-state index is 0.0557. The lowest BCUT2D eigenvalue weighted by molar-refractivity contribution is 0.550. The van der Waals surface area contributed by atoms with Crippen LogP contribution in [0.15, 0.2) is 58.0 Å². The Morgan fingerprint density at radius 1 is 1.12 bits per heavy atom. The first-order valence-electron chi connectivity index (χ1n) is 8.82. The summed E-state index contributed by atoms with van der Waals surface area (Å²) in [4.78, 5) is 7.10. The van der Waals surface area contributed by atoms with Gasteiger partial charge in [-0.25, -0.2) is 0 Å². The Morgan fingerprint density at radius 2 is 1.84 bits per heavy atom. The molecule has 0 aliphatic carbocycles. The summed E-state index contributed by atoms with van der Waals surface area (Å²) < 4.78 is 1.07. The van der Waals surface area contributed by atoms with Crippen molar-refractivity contribution >= 4 is 39.1 Å². The molecule has 0 unspecified atom stereocenters. The van der Waals surface area contributed by atoms with Gasteiger partial charge in [0.25, 0.3) is 0 Å². The van der Waals surface area contributed by atoms with Crippen LogP contribution >= 0.6 is 15.9 Å². The molecule has 1 heterocycles. The quantitative estimate of drug-likeness (QED) is 0.530. The minimum atomic E-state index is 0.0557. The molecule has 130 valence electrons. The molecule has 3 rings (SSSR count). The number of allylic oxidation sites excluding steroid dienone is 1. The zero-order valence-electron chi connectivity index (χ0n) is 15.4. The Kier molecular flexibility index (Phi) is 5.14. The molecule has 1 aliphatic rings. The molecule has 0 fully saturated rings. The summed E-state index contributed by atoms with van der Waals surface area (Å²) in [6.45, 7) is 10.1. The van der Waals surface area contributed by atoms with Gasteiger partial charge < -0.3 is 4.90 Å². The molecule has 0 aromatic heterocycles. The number of benzene rings is 2. The van der Waals surface area contributed by atoms with Gasteiger partial charge in [-0.3, -0.25) is 4.99 Å². The molecular formula is C22H25BrN2. The first-order chi connectivity index (χ1) is 11.9. The number of aliphatic imine (C=N–C) groups is 1. The summed E-state index contributed by atoms with van der Waals surface area (Å²) in [6, 6.07) is 14.7. The van der Waals surface area contributed by atoms with Crippen LogP contribution in [0, 0.1) is 0 Å². The van der Waals surface area contributed by atoms with Crippen LogP contribution in [-0.4, -0.2) is 18.3 Å². The molecule has 0 atom stereocenters. The van der Waals surface area contributed by atoms with Gasteiger partial charge in [0.15, 0.2) is 0 Å². The zero-order valence-corrected chi connectivity index (χ0v) is 17.0. The van der Waals surface area contributed by atoms with E-state index in [1.807, 2.05) is 30.5 Å². The van der Waals surface area contributed by atoms with E-state index in [4.69, 9.17) is 0 Å². The van der Waals surface area contributed by atoms with Crippen molar-refractivity contribution in [2.24, 2.45) is 4.99 Å². The summed E-state index contributed by atoms with van der Waals surface area (Å²) in [5, 5.41) is 0. The Morgan fingerprint density at radius 3 is 2.52 bits per heavy atom. The lowest BCUT2D eigenvalue weighted by Crippen LogP contribution is -2.45. The van der Waals surface area contributed by atoms with Crippen molar-refractivity contribution in [1.82, 2.24) is 0 Å². The van der Waals surface area contributed by atoms with Crippen LogP contribution in [0.4, 0.5) is 11.4 Å². The molecule has 2 nitrogen and oxygen atoms in total. The van der Waals surface area contributed by atoms with Gasteiger partial charge in [0, 0.05) is 28.5 Å². The second-order valence-electron chi connectivity index (χ2n) is 7.14. The number of anilines is 1. The van der Waals surface area contributed by atoms with Crippen LogP contribution < -0.4 is 4.90 Å². The smallest absolute Gasteiger partial charge is 0.0630 e. The Balaban J connectivity index is 1.93. The summed E-state index contributed by atoms with van der Waals surface area (Å²) in [5.74, 6) is 0. The Hall–Kier alpha value is -1.87. The molecule has 0 radical (unpaired) electrons. The molecule has 2 aromatic carbocycles. The molecule has 0 saturated heterocycles. The number of nitrogens with zero attached hydrogens (tertiary/aromatic N) is 2. The summed E-state index contributed by atoms with van der Waals surface area (Å²) >= 11 is 3.45. The van der Waals surface area contributed by atoms with E-state index in [1.54, 1.807) is 0 Å². The monoisotopic (exact) mass is 396 g/mol. The van der Waals surface area contributed by atoms with E-state index in [0.29, 0.717) is 0 Å². The van der Waals surface area contributed by atoms with E-state index < -0.39 is 0 Å². The largest absolute Gasteiger partial charge is 0.362 e. The van der Waals surface area contributed by atoms with E-state index >= 15 is 0 Å². The third-order valence-corrected chi connectivity index (χ3v) is 5.17. The predicted octanol–water partition coefficient (Wildman–Crippen LogP) is 6.61. The number of halogens is 1. The molecule has 0 N–H and O–H groups in total. The van der Waals surface area contributed by atoms with Crippen molar-refractivity contribution in [3.8, 4) is 0 Å². The van der Waals surface area contributed by atoms with Gasteiger partial charge in [0.2, 0.25) is 0 Å². The highest BCUT2D eigenvalue weighted by Gasteiger charge is 2.30. The average molecular weight is 397 g/mol. The van der Waals surface area contributed by atoms with Gasteiger partial charge in [0.1, 0.15) is 0 Å². The van der Waals surface area contributed by atoms with Gasteiger partial charge >= 0.3 is 0 Å². The summed E-state index contributed by atoms with van der Waals surface area (Å²) in [5.41, 5.74) is 6.12. The van der Waals surface area contributed by atoms with Gasteiger partial charge in [-0.15, -0.1) is 0 Å². The van der Waals surface area contributed by atoms with Crippen molar-refractivity contribution < 1.29 is 0 Å². The van der Waals surface area contributed by atoms with Gasteiger partial charge in [0.05, 0.1) is 11.2 Å². The SMILES string of the molecule is CCCN1c2ccc(C=Nc3ccc(Br)cc3)cc2C(C)=CC1(C)C. The lowest BCUT2D eigenvalue weighted by Gasteiger charge is -2.43. The van der Waals surface area contributed by atoms with Crippen LogP contribution in [0.3, 0.4) is 0 Å². The van der Waals surface area contributed by atoms with Crippen LogP contribution in [0.5, 0.6) is 0 Å². The summed E-state index contributed by atoms with van der Waals surface area (Å²) in [6.07, 6.45) is 5.46. The van der Waals surface area contributed by atoms with E-state index in [-0.39, 0.29) is 5.54 Å². The van der Waals surface area contributed by atoms with Crippen molar-refractivity contribution in [2.45, 2.75) is 39.7 Å². The van der Waals surface area contributed by atoms with Crippen molar-refractivity contribution in [3.05, 3.63) is 64.1 Å². The standard InChI is InChI=1S/C22H25BrN2/c1-5-12-25-21-11-6-17(13-20(21)16(2)14-22(25,3)4)15-24-19-9-7-18(23)8-10-19/h6-11,13-15H,5,12H2,1-4H3. The highest BCUT2D eigenvalue weighted by atomic mass is 79.9. The molecule has 0 spiro atoms. The second-order valence-corrected chi connectivity index (χ2v) is 8.06. The molecule has 25 heavy (non-hydrogen) atoms. The minimum Gasteiger partial charge on any atom is -0.362 e. The number of hydrogen-bond acceptors (Lipinski definition) is 2. The van der Waals surface area contributed by atoms with Crippen molar-refractivity contribution in [1.29, 1.82) is 0 Å². The third-order valence-electron chi connectivity index (χ3n) is 4.64. The maximum absolute atomic E-state index is 4.60. The maximum atomic E-state index is 4.60. The van der Waals surface area contributed by atoms with Crippen molar-refractivity contribution in [3.63, 3.8) is 0 Å². The number of hydrogen-bond donors (Lipinski definition) is 0. The first-order valence-corrected chi connectivity index (χ1v) is 9.61. The average Bonchev–Trinajstić information content (AvgIpc) is 2.58. The Labute approximate surface area is 159 Å². The normalized spacial score (nSPS) is 16.0. The lowest BCUT2D eigenvalue weighted by atomic mass is 9.88. The highest BCUT2D eigenvalue weighted by molar-refractivity contribution is 9.10. The highest BCUT2D eigenvalue weighted by Crippen LogP contribution is 2.39. The number of fused-ring (bicyclic) bond motifs is 1. The molecule has 3 heteroatoms. The molecule has 0 saturated carbocycles. The van der Waals surface area contributed by atoms with E-state index in [0.717, 1.165) is 28.7 Å². The second kappa shape index (κ2) is 7.17. The molecule has 1 aliphatic heterocycles. The zero-order chi connectivity index (χ0) is 18.0. The first kappa shape index (κ1) is 17.9. The van der Waals surface area contributed by atoms with Gasteiger partial charge in [-0.1, -0.05) is 35.0 Å². The molecule has 2 aromatic rings. The molecule has 0 bridgehead atoms. The summed E-state index contributed by atoms with van der Waals surface area (Å²) in [7, 11) is 0. The van der Waals surface area contributed by atoms with Crippen molar-refractivity contribution in [2.75, 3.05) is 11.4 Å². The fourth-order valence-corrected chi connectivity index (χ4v) is 3.75. The van der Waals surface area contributed by atoms with E-state index in [9.17, 15) is 0 Å². The molecule has 0 amide bonds. The topological polar surface area (TPSA) is 15.6 Å². The van der Waals surface area contributed by atoms with Gasteiger partial charge in [-0.05, 0) is 74.7 Å². The van der Waals surface area contributed by atoms with Crippen LogP contribution in [-0.2, 0) is 0 Å². The fourth-order valence-electron chi connectivity index (χ4n) is 3.49. The molecular weight excluding hydrogens is 372 g/mol. The Bertz CT molecular complexity index is 816. The van der Waals surface area contributed by atoms with Gasteiger partial charge in [-0.2, -0.15) is 0 Å². The van der Waals surface area contributed by atoms with Crippen LogP contribution in [0.25, 0.3) is 5.57 Å². The van der Waals surface area contributed by atoms with E-state index in [1.165, 1.54) is 16.8 Å². The number of rotatable bonds is 4. The third kappa shape index (κ3) is 3.87. The maximum Gasteiger partial charge on any atom is 0.0630 e. The predicted molar refractivity (Wildman–Crippen MR) is 113 cm³/mol.